The van der Waals surface area contributed by atoms with Gasteiger partial charge in [0, 0.05) is 32.7 Å². The molecule has 0 amide bonds. The van der Waals surface area contributed by atoms with E-state index in [9.17, 15) is 0 Å². The molecule has 16 heavy (non-hydrogen) atoms. The molecule has 0 aliphatic carbocycles. The van der Waals surface area contributed by atoms with Crippen LogP contribution in [0.5, 0.6) is 5.88 Å². The molecule has 0 aliphatic rings. The van der Waals surface area contributed by atoms with E-state index in [0.717, 1.165) is 16.8 Å². The molecule has 1 aromatic heterocycles. The van der Waals surface area contributed by atoms with Crippen molar-refractivity contribution in [2.75, 3.05) is 7.11 Å². The number of benzene rings is 1. The Morgan fingerprint density at radius 1 is 1.12 bits per heavy atom. The zero-order valence-electron chi connectivity index (χ0n) is 9.27. The van der Waals surface area contributed by atoms with Gasteiger partial charge < -0.3 is 4.74 Å². The van der Waals surface area contributed by atoms with Crippen LogP contribution in [0.25, 0.3) is 11.1 Å². The molecule has 0 aliphatic heterocycles. The standard InChI is InChI=1S/C12H11N2O.Y/c1-9-11(8-12(15-2)14-13-9)10-6-4-3-5-7-10;/h3-7H,1-2H3;/q-1;. The second-order valence-electron chi connectivity index (χ2n) is 3.16. The number of rotatable bonds is 2. The van der Waals surface area contributed by atoms with Gasteiger partial charge in [-0.25, -0.2) is 5.10 Å². The Morgan fingerprint density at radius 2 is 1.81 bits per heavy atom. The fourth-order valence-electron chi connectivity index (χ4n) is 1.37. The minimum Gasteiger partial charge on any atom is -0.489 e. The van der Waals surface area contributed by atoms with E-state index >= 15 is 0 Å². The molecule has 1 aromatic carbocycles. The number of ether oxygens (including phenoxy) is 1. The van der Waals surface area contributed by atoms with Gasteiger partial charge in [-0.15, -0.1) is 28.9 Å². The SMILES string of the molecule is COc1[c-]c(-c2ccccc2)c(C)nn1.[Y]. The third-order valence-electron chi connectivity index (χ3n) is 2.14. The molecule has 3 nitrogen and oxygen atoms in total. The summed E-state index contributed by atoms with van der Waals surface area (Å²) < 4.78 is 5.00. The maximum Gasteiger partial charge on any atom is 0.170 e. The molecule has 2 aromatic rings. The van der Waals surface area contributed by atoms with E-state index in [2.05, 4.69) is 16.3 Å². The van der Waals surface area contributed by atoms with Crippen molar-refractivity contribution in [1.29, 1.82) is 0 Å². The Kier molecular flexibility index (Phi) is 5.03. The third-order valence-corrected chi connectivity index (χ3v) is 2.14. The van der Waals surface area contributed by atoms with Crippen molar-refractivity contribution in [1.82, 2.24) is 10.2 Å². The van der Waals surface area contributed by atoms with Crippen LogP contribution in [0.3, 0.4) is 0 Å². The van der Waals surface area contributed by atoms with Crippen LogP contribution in [0.1, 0.15) is 5.69 Å². The minimum atomic E-state index is 0. The van der Waals surface area contributed by atoms with E-state index in [1.807, 2.05) is 37.3 Å². The molecular weight excluding hydrogens is 277 g/mol. The van der Waals surface area contributed by atoms with E-state index in [0.29, 0.717) is 5.88 Å². The molecule has 79 valence electrons. The Morgan fingerprint density at radius 3 is 2.44 bits per heavy atom. The van der Waals surface area contributed by atoms with Gasteiger partial charge in [-0.05, 0) is 5.69 Å². The number of methoxy groups -OCH3 is 1. The van der Waals surface area contributed by atoms with E-state index in [4.69, 9.17) is 4.74 Å². The number of aryl methyl sites for hydroxylation is 1. The molecule has 1 heterocycles. The predicted molar refractivity (Wildman–Crippen MR) is 57.6 cm³/mol. The van der Waals surface area contributed by atoms with Gasteiger partial charge in [0.2, 0.25) is 0 Å². The van der Waals surface area contributed by atoms with Crippen molar-refractivity contribution in [2.45, 2.75) is 6.92 Å². The molecule has 0 spiro atoms. The zero-order chi connectivity index (χ0) is 10.7. The topological polar surface area (TPSA) is 35.0 Å². The minimum absolute atomic E-state index is 0. The van der Waals surface area contributed by atoms with Gasteiger partial charge in [0.15, 0.2) is 5.88 Å². The van der Waals surface area contributed by atoms with E-state index in [1.54, 1.807) is 7.11 Å². The van der Waals surface area contributed by atoms with Crippen molar-refractivity contribution in [3.8, 4) is 17.0 Å². The molecule has 0 N–H and O–H groups in total. The van der Waals surface area contributed by atoms with Gasteiger partial charge in [-0.1, -0.05) is 25.1 Å². The average molecular weight is 288 g/mol. The first-order valence-corrected chi connectivity index (χ1v) is 4.67. The largest absolute Gasteiger partial charge is 0.489 e. The first kappa shape index (κ1) is 13.3. The van der Waals surface area contributed by atoms with Crippen molar-refractivity contribution in [2.24, 2.45) is 0 Å². The summed E-state index contributed by atoms with van der Waals surface area (Å²) in [4.78, 5) is 0. The van der Waals surface area contributed by atoms with Gasteiger partial charge >= 0.3 is 0 Å². The fraction of sp³-hybridized carbons (Fsp3) is 0.167. The van der Waals surface area contributed by atoms with E-state index < -0.39 is 0 Å². The van der Waals surface area contributed by atoms with Gasteiger partial charge in [0.05, 0.1) is 7.11 Å². The summed E-state index contributed by atoms with van der Waals surface area (Å²) >= 11 is 0. The Balaban J connectivity index is 0.00000128. The summed E-state index contributed by atoms with van der Waals surface area (Å²) in [5, 5.41) is 7.88. The zero-order valence-corrected chi connectivity index (χ0v) is 12.1. The summed E-state index contributed by atoms with van der Waals surface area (Å²) in [6.45, 7) is 1.91. The van der Waals surface area contributed by atoms with Crippen LogP contribution >= 0.6 is 0 Å². The van der Waals surface area contributed by atoms with Gasteiger partial charge in [-0.2, -0.15) is 5.56 Å². The maximum atomic E-state index is 5.00. The van der Waals surface area contributed by atoms with Crippen LogP contribution < -0.4 is 4.74 Å². The summed E-state index contributed by atoms with van der Waals surface area (Å²) in [5.74, 6) is 0.416. The summed E-state index contributed by atoms with van der Waals surface area (Å²) in [5.41, 5.74) is 2.85. The second kappa shape index (κ2) is 6.07. The van der Waals surface area contributed by atoms with Crippen LogP contribution in [-0.2, 0) is 32.7 Å². The number of hydrogen-bond acceptors (Lipinski definition) is 3. The second-order valence-corrected chi connectivity index (χ2v) is 3.16. The molecule has 4 heteroatoms. The number of aromatic nitrogens is 2. The molecule has 0 atom stereocenters. The maximum absolute atomic E-state index is 5.00. The van der Waals surface area contributed by atoms with Crippen molar-refractivity contribution >= 4 is 0 Å². The Labute approximate surface area is 120 Å². The molecule has 0 fully saturated rings. The number of hydrogen-bond donors (Lipinski definition) is 0. The van der Waals surface area contributed by atoms with Crippen LogP contribution in [0.15, 0.2) is 30.3 Å². The van der Waals surface area contributed by atoms with Gasteiger partial charge in [0.1, 0.15) is 0 Å². The summed E-state index contributed by atoms with van der Waals surface area (Å²) in [7, 11) is 1.56. The monoisotopic (exact) mass is 288 g/mol. The van der Waals surface area contributed by atoms with Crippen molar-refractivity contribution in [3.05, 3.63) is 42.1 Å². The van der Waals surface area contributed by atoms with Gasteiger partial charge in [-0.3, -0.25) is 0 Å². The van der Waals surface area contributed by atoms with Crippen LogP contribution in [-0.4, -0.2) is 17.3 Å². The molecule has 1 radical (unpaired) electrons. The van der Waals surface area contributed by atoms with E-state index in [-0.39, 0.29) is 32.7 Å². The van der Waals surface area contributed by atoms with Gasteiger partial charge in [0.25, 0.3) is 0 Å². The first-order valence-electron chi connectivity index (χ1n) is 4.67. The number of nitrogens with zero attached hydrogens (tertiary/aromatic N) is 2. The summed E-state index contributed by atoms with van der Waals surface area (Å²) in [6.07, 6.45) is 0. The first-order chi connectivity index (χ1) is 7.31. The quantitative estimate of drug-likeness (QED) is 0.795. The Hall–Kier alpha value is -0.796. The fourth-order valence-corrected chi connectivity index (χ4v) is 1.37. The van der Waals surface area contributed by atoms with E-state index in [1.165, 1.54) is 0 Å². The summed E-state index contributed by atoms with van der Waals surface area (Å²) in [6, 6.07) is 13.1. The van der Waals surface area contributed by atoms with Crippen molar-refractivity contribution < 1.29 is 37.4 Å². The molecule has 0 bridgehead atoms. The van der Waals surface area contributed by atoms with Crippen molar-refractivity contribution in [3.63, 3.8) is 0 Å². The smallest absolute Gasteiger partial charge is 0.170 e. The van der Waals surface area contributed by atoms with Crippen LogP contribution in [0.4, 0.5) is 0 Å². The third kappa shape index (κ3) is 2.86. The molecular formula is C12H11N2OY-. The molecule has 0 unspecified atom stereocenters. The molecule has 2 rings (SSSR count). The average Bonchev–Trinajstić information content (AvgIpc) is 2.31. The van der Waals surface area contributed by atoms with Crippen LogP contribution in [0, 0.1) is 13.0 Å². The Bertz CT molecular complexity index is 460. The predicted octanol–water partition coefficient (Wildman–Crippen LogP) is 2.26. The molecule has 0 saturated heterocycles. The van der Waals surface area contributed by atoms with Crippen LogP contribution in [0.2, 0.25) is 0 Å². The normalized spacial score (nSPS) is 9.38. The molecule has 0 saturated carbocycles.